The molecule has 0 radical (unpaired) electrons. The molecule has 0 aliphatic rings. The van der Waals surface area contributed by atoms with E-state index in [0.29, 0.717) is 11.3 Å². The van der Waals surface area contributed by atoms with Gasteiger partial charge in [0, 0.05) is 0 Å². The lowest BCUT2D eigenvalue weighted by Gasteiger charge is -1.99. The largest absolute Gasteiger partial charge is 0.279 e. The molecule has 2 aromatic rings. The second kappa shape index (κ2) is 5.60. The molecule has 0 spiro atoms. The topological polar surface area (TPSA) is 48.2 Å². The van der Waals surface area contributed by atoms with Gasteiger partial charge in [0.15, 0.2) is 0 Å². The van der Waals surface area contributed by atoms with E-state index in [1.165, 1.54) is 12.1 Å². The Bertz CT molecular complexity index is 580. The molecular weight excluding hydrogens is 229 g/mol. The first-order valence-corrected chi connectivity index (χ1v) is 5.33. The van der Waals surface area contributed by atoms with Crippen molar-refractivity contribution >= 4 is 11.9 Å². The van der Waals surface area contributed by atoms with Gasteiger partial charge in [-0.2, -0.15) is 10.4 Å². The van der Waals surface area contributed by atoms with Crippen LogP contribution in [0, 0.1) is 17.1 Å². The third-order valence-electron chi connectivity index (χ3n) is 2.29. The van der Waals surface area contributed by atoms with E-state index in [1.807, 2.05) is 6.07 Å². The Kier molecular flexibility index (Phi) is 3.67. The summed E-state index contributed by atoms with van der Waals surface area (Å²) in [6.45, 7) is 0. The number of nitrogens with zero attached hydrogens (tertiary/aromatic N) is 2. The molecule has 1 N–H and O–H groups in total. The van der Waals surface area contributed by atoms with Crippen molar-refractivity contribution < 1.29 is 4.39 Å². The first kappa shape index (κ1) is 11.8. The molecule has 0 aliphatic heterocycles. The van der Waals surface area contributed by atoms with Crippen LogP contribution in [0.25, 0.3) is 0 Å². The highest BCUT2D eigenvalue weighted by atomic mass is 19.1. The molecule has 0 unspecified atom stereocenters. The minimum absolute atomic E-state index is 0.281. The summed E-state index contributed by atoms with van der Waals surface area (Å²) >= 11 is 0. The lowest BCUT2D eigenvalue weighted by atomic mass is 10.2. The van der Waals surface area contributed by atoms with Gasteiger partial charge in [-0.15, -0.1) is 0 Å². The van der Waals surface area contributed by atoms with Gasteiger partial charge in [0.2, 0.25) is 0 Å². The lowest BCUT2D eigenvalue weighted by molar-refractivity contribution is 0.628. The molecule has 4 heteroatoms. The van der Waals surface area contributed by atoms with Gasteiger partial charge in [0.05, 0.1) is 23.5 Å². The highest BCUT2D eigenvalue weighted by Crippen LogP contribution is 2.08. The third-order valence-corrected chi connectivity index (χ3v) is 2.29. The zero-order valence-corrected chi connectivity index (χ0v) is 9.47. The highest BCUT2D eigenvalue weighted by Gasteiger charge is 1.92. The van der Waals surface area contributed by atoms with Crippen LogP contribution >= 0.6 is 0 Å². The molecule has 0 amide bonds. The number of anilines is 1. The summed E-state index contributed by atoms with van der Waals surface area (Å²) < 4.78 is 12.7. The molecule has 2 rings (SSSR count). The third kappa shape index (κ3) is 3.16. The fourth-order valence-corrected chi connectivity index (χ4v) is 1.35. The maximum Gasteiger partial charge on any atom is 0.123 e. The van der Waals surface area contributed by atoms with E-state index in [-0.39, 0.29) is 5.82 Å². The average Bonchev–Trinajstić information content (AvgIpc) is 2.42. The molecule has 0 heterocycles. The second-order valence-corrected chi connectivity index (χ2v) is 3.61. The van der Waals surface area contributed by atoms with Crippen molar-refractivity contribution in [3.8, 4) is 6.07 Å². The number of nitrogens with one attached hydrogen (secondary N) is 1. The Morgan fingerprint density at radius 2 is 1.72 bits per heavy atom. The molecule has 2 aromatic carbocycles. The Hall–Kier alpha value is -2.67. The van der Waals surface area contributed by atoms with Gasteiger partial charge in [0.25, 0.3) is 0 Å². The lowest BCUT2D eigenvalue weighted by Crippen LogP contribution is -1.90. The summed E-state index contributed by atoms with van der Waals surface area (Å²) in [4.78, 5) is 0. The fraction of sp³-hybridized carbons (Fsp3) is 0. The SMILES string of the molecule is N#Cc1ccc(C=NNc2ccc(F)cc2)cc1. The summed E-state index contributed by atoms with van der Waals surface area (Å²) in [6.07, 6.45) is 1.63. The van der Waals surface area contributed by atoms with E-state index in [0.717, 1.165) is 5.56 Å². The molecule has 0 atom stereocenters. The maximum absolute atomic E-state index is 12.7. The zero-order chi connectivity index (χ0) is 12.8. The van der Waals surface area contributed by atoms with Crippen LogP contribution in [0.4, 0.5) is 10.1 Å². The van der Waals surface area contributed by atoms with E-state index < -0.39 is 0 Å². The average molecular weight is 239 g/mol. The van der Waals surface area contributed by atoms with E-state index in [2.05, 4.69) is 10.5 Å². The van der Waals surface area contributed by atoms with Crippen molar-refractivity contribution in [2.75, 3.05) is 5.43 Å². The van der Waals surface area contributed by atoms with Gasteiger partial charge in [-0.3, -0.25) is 5.43 Å². The van der Waals surface area contributed by atoms with Crippen LogP contribution in [-0.4, -0.2) is 6.21 Å². The number of hydrazone groups is 1. The van der Waals surface area contributed by atoms with Crippen LogP contribution < -0.4 is 5.43 Å². The van der Waals surface area contributed by atoms with Crippen LogP contribution in [0.15, 0.2) is 53.6 Å². The van der Waals surface area contributed by atoms with Crippen LogP contribution in [-0.2, 0) is 0 Å². The molecule has 0 aliphatic carbocycles. The van der Waals surface area contributed by atoms with Gasteiger partial charge >= 0.3 is 0 Å². The van der Waals surface area contributed by atoms with Crippen molar-refractivity contribution in [2.24, 2.45) is 5.10 Å². The standard InChI is InChI=1S/C14H10FN3/c15-13-5-7-14(8-6-13)18-17-10-12-3-1-11(9-16)2-4-12/h1-8,10,18H. The second-order valence-electron chi connectivity index (χ2n) is 3.61. The molecule has 3 nitrogen and oxygen atoms in total. The van der Waals surface area contributed by atoms with E-state index in [4.69, 9.17) is 5.26 Å². The number of benzene rings is 2. The summed E-state index contributed by atoms with van der Waals surface area (Å²) in [7, 11) is 0. The maximum atomic E-state index is 12.7. The van der Waals surface area contributed by atoms with E-state index >= 15 is 0 Å². The van der Waals surface area contributed by atoms with Crippen LogP contribution in [0.1, 0.15) is 11.1 Å². The molecule has 0 fully saturated rings. The number of rotatable bonds is 3. The Morgan fingerprint density at radius 1 is 1.06 bits per heavy atom. The van der Waals surface area contributed by atoms with Gasteiger partial charge in [0.1, 0.15) is 5.82 Å². The van der Waals surface area contributed by atoms with Gasteiger partial charge in [-0.05, 0) is 42.0 Å². The van der Waals surface area contributed by atoms with Gasteiger partial charge < -0.3 is 0 Å². The minimum atomic E-state index is -0.281. The predicted octanol–water partition coefficient (Wildman–Crippen LogP) is 3.14. The number of nitriles is 1. The van der Waals surface area contributed by atoms with Crippen LogP contribution in [0.2, 0.25) is 0 Å². The minimum Gasteiger partial charge on any atom is -0.279 e. The first-order chi connectivity index (χ1) is 8.78. The molecule has 0 aromatic heterocycles. The quantitative estimate of drug-likeness (QED) is 0.660. The number of hydrogen-bond donors (Lipinski definition) is 1. The molecule has 0 bridgehead atoms. The van der Waals surface area contributed by atoms with Gasteiger partial charge in [-0.25, -0.2) is 4.39 Å². The van der Waals surface area contributed by atoms with Crippen molar-refractivity contribution in [3.05, 3.63) is 65.5 Å². The predicted molar refractivity (Wildman–Crippen MR) is 68.8 cm³/mol. The van der Waals surface area contributed by atoms with Crippen LogP contribution in [0.3, 0.4) is 0 Å². The monoisotopic (exact) mass is 239 g/mol. The molecule has 0 saturated heterocycles. The number of hydrogen-bond acceptors (Lipinski definition) is 3. The summed E-state index contributed by atoms with van der Waals surface area (Å²) in [5, 5.41) is 12.7. The normalized spacial score (nSPS) is 10.2. The van der Waals surface area contributed by atoms with Crippen molar-refractivity contribution in [2.45, 2.75) is 0 Å². The van der Waals surface area contributed by atoms with E-state index in [1.54, 1.807) is 42.6 Å². The highest BCUT2D eigenvalue weighted by molar-refractivity contribution is 5.80. The zero-order valence-electron chi connectivity index (χ0n) is 9.47. The molecular formula is C14H10FN3. The smallest absolute Gasteiger partial charge is 0.123 e. The molecule has 0 saturated carbocycles. The fourth-order valence-electron chi connectivity index (χ4n) is 1.35. The molecule has 18 heavy (non-hydrogen) atoms. The van der Waals surface area contributed by atoms with Crippen molar-refractivity contribution in [3.63, 3.8) is 0 Å². The van der Waals surface area contributed by atoms with E-state index in [9.17, 15) is 4.39 Å². The van der Waals surface area contributed by atoms with Crippen molar-refractivity contribution in [1.82, 2.24) is 0 Å². The number of halogens is 1. The summed E-state index contributed by atoms with van der Waals surface area (Å²) in [6, 6.07) is 15.0. The summed E-state index contributed by atoms with van der Waals surface area (Å²) in [5.41, 5.74) is 4.98. The van der Waals surface area contributed by atoms with Crippen LogP contribution in [0.5, 0.6) is 0 Å². The molecule has 88 valence electrons. The Labute approximate surface area is 104 Å². The Morgan fingerprint density at radius 3 is 2.33 bits per heavy atom. The Balaban J connectivity index is 1.98. The van der Waals surface area contributed by atoms with Gasteiger partial charge in [-0.1, -0.05) is 12.1 Å². The van der Waals surface area contributed by atoms with Crippen molar-refractivity contribution in [1.29, 1.82) is 5.26 Å². The first-order valence-electron chi connectivity index (χ1n) is 5.33. The summed E-state index contributed by atoms with van der Waals surface area (Å²) in [5.74, 6) is -0.281.